The van der Waals surface area contributed by atoms with Crippen LogP contribution < -0.4 is 0 Å². The van der Waals surface area contributed by atoms with E-state index in [1.165, 1.54) is 0 Å². The summed E-state index contributed by atoms with van der Waals surface area (Å²) >= 11 is 0. The van der Waals surface area contributed by atoms with Gasteiger partial charge in [-0.05, 0) is 17.5 Å². The van der Waals surface area contributed by atoms with E-state index in [9.17, 15) is 0 Å². The van der Waals surface area contributed by atoms with Crippen molar-refractivity contribution in [2.45, 2.75) is 32.7 Å². The smallest absolute Gasteiger partial charge is 0.170 e. The molecule has 1 atom stereocenters. The van der Waals surface area contributed by atoms with Gasteiger partial charge in [-0.3, -0.25) is 0 Å². The van der Waals surface area contributed by atoms with E-state index in [0.29, 0.717) is 6.61 Å². The highest BCUT2D eigenvalue weighted by Crippen LogP contribution is 2.38. The second kappa shape index (κ2) is 4.86. The first-order valence-corrected chi connectivity index (χ1v) is 6.23. The van der Waals surface area contributed by atoms with Gasteiger partial charge in [0.1, 0.15) is 12.1 Å². The molecule has 1 heterocycles. The largest absolute Gasteiger partial charge is 0.481 e. The van der Waals surface area contributed by atoms with Gasteiger partial charge in [-0.15, -0.1) is 0 Å². The fraction of sp³-hybridized carbons (Fsp3) is 0.438. The molecule has 0 aliphatic carbocycles. The molecule has 0 saturated carbocycles. The number of hydrogen-bond donors (Lipinski definition) is 0. The summed E-state index contributed by atoms with van der Waals surface area (Å²) in [5, 5.41) is 0. The van der Waals surface area contributed by atoms with Crippen LogP contribution in [0.25, 0.3) is 0 Å². The lowest BCUT2D eigenvalue weighted by molar-refractivity contribution is 0.143. The van der Waals surface area contributed by atoms with Crippen molar-refractivity contribution in [3.05, 3.63) is 35.9 Å². The lowest BCUT2D eigenvalue weighted by Crippen LogP contribution is -2.42. The van der Waals surface area contributed by atoms with Crippen LogP contribution in [0.5, 0.6) is 0 Å². The molecule has 0 fully saturated rings. The summed E-state index contributed by atoms with van der Waals surface area (Å²) < 4.78 is 5.33. The van der Waals surface area contributed by atoms with Gasteiger partial charge >= 0.3 is 0 Å². The van der Waals surface area contributed by atoms with Gasteiger partial charge in [0.2, 0.25) is 0 Å². The van der Waals surface area contributed by atoms with Crippen molar-refractivity contribution in [1.82, 2.24) is 0 Å². The number of hydrogen-bond acceptors (Lipinski definition) is 2. The lowest BCUT2D eigenvalue weighted by atomic mass is 9.73. The Morgan fingerprint density at radius 1 is 1.28 bits per heavy atom. The van der Waals surface area contributed by atoms with Crippen LogP contribution in [0.3, 0.4) is 0 Å². The zero-order valence-corrected chi connectivity index (χ0v) is 11.2. The molecule has 94 valence electrons. The Labute approximate surface area is 109 Å². The third-order valence-corrected chi connectivity index (χ3v) is 3.48. The Morgan fingerprint density at radius 2 is 2.00 bits per heavy atom. The number of ether oxygens (including phenoxy) is 1. The van der Waals surface area contributed by atoms with Gasteiger partial charge in [-0.2, -0.15) is 0 Å². The van der Waals surface area contributed by atoms with Crippen molar-refractivity contribution >= 4 is 6.40 Å². The highest BCUT2D eigenvalue weighted by Gasteiger charge is 2.44. The molecule has 0 spiro atoms. The maximum atomic E-state index is 5.33. The van der Waals surface area contributed by atoms with Gasteiger partial charge in [0.15, 0.2) is 6.40 Å². The summed E-state index contributed by atoms with van der Waals surface area (Å²) in [5.74, 6) is 6.44. The number of nitrogens with zero attached hydrogens (tertiary/aromatic N) is 1. The van der Waals surface area contributed by atoms with Crippen molar-refractivity contribution in [2.75, 3.05) is 6.61 Å². The van der Waals surface area contributed by atoms with E-state index in [2.05, 4.69) is 37.6 Å². The van der Waals surface area contributed by atoms with E-state index >= 15 is 0 Å². The monoisotopic (exact) mass is 241 g/mol. The quantitative estimate of drug-likeness (QED) is 0.691. The van der Waals surface area contributed by atoms with Gasteiger partial charge in [0, 0.05) is 12.0 Å². The molecule has 0 saturated heterocycles. The SMILES string of the molecule is CC(C)(C)[C@@]1(CC#Cc2ccccc2)COC=N1. The van der Waals surface area contributed by atoms with Crippen LogP contribution in [-0.4, -0.2) is 18.5 Å². The average molecular weight is 241 g/mol. The fourth-order valence-electron chi connectivity index (χ4n) is 1.94. The second-order valence-electron chi connectivity index (χ2n) is 5.67. The van der Waals surface area contributed by atoms with Crippen molar-refractivity contribution in [3.63, 3.8) is 0 Å². The average Bonchev–Trinajstić information content (AvgIpc) is 2.80. The molecular weight excluding hydrogens is 222 g/mol. The molecule has 2 nitrogen and oxygen atoms in total. The van der Waals surface area contributed by atoms with Crippen molar-refractivity contribution in [2.24, 2.45) is 10.4 Å². The Kier molecular flexibility index (Phi) is 3.43. The molecule has 1 aliphatic rings. The van der Waals surface area contributed by atoms with Crippen molar-refractivity contribution < 1.29 is 4.74 Å². The highest BCUT2D eigenvalue weighted by molar-refractivity contribution is 5.51. The molecule has 0 amide bonds. The predicted molar refractivity (Wildman–Crippen MR) is 74.6 cm³/mol. The normalized spacial score (nSPS) is 22.2. The Morgan fingerprint density at radius 3 is 2.56 bits per heavy atom. The highest BCUT2D eigenvalue weighted by atomic mass is 16.5. The molecule has 2 heteroatoms. The topological polar surface area (TPSA) is 21.6 Å². The molecular formula is C16H19NO. The van der Waals surface area contributed by atoms with E-state index in [0.717, 1.165) is 12.0 Å². The molecule has 2 rings (SSSR count). The van der Waals surface area contributed by atoms with Gasteiger partial charge < -0.3 is 4.74 Å². The van der Waals surface area contributed by atoms with Crippen molar-refractivity contribution in [1.29, 1.82) is 0 Å². The molecule has 0 N–H and O–H groups in total. The summed E-state index contributed by atoms with van der Waals surface area (Å²) in [7, 11) is 0. The van der Waals surface area contributed by atoms with Crippen molar-refractivity contribution in [3.8, 4) is 11.8 Å². The zero-order chi connectivity index (χ0) is 13.1. The summed E-state index contributed by atoms with van der Waals surface area (Å²) in [6.07, 6.45) is 2.29. The Balaban J connectivity index is 2.13. The van der Waals surface area contributed by atoms with Crippen LogP contribution in [0.1, 0.15) is 32.8 Å². The maximum Gasteiger partial charge on any atom is 0.170 e. The first kappa shape index (κ1) is 12.7. The predicted octanol–water partition coefficient (Wildman–Crippen LogP) is 3.27. The minimum atomic E-state index is -0.214. The van der Waals surface area contributed by atoms with Crippen LogP contribution in [0.15, 0.2) is 35.3 Å². The standard InChI is InChI=1S/C16H19NO/c1-15(2,3)16(12-18-13-17-16)11-7-10-14-8-5-4-6-9-14/h4-6,8-9,13H,11-12H2,1-3H3/t16-/m1/s1. The first-order valence-electron chi connectivity index (χ1n) is 6.23. The Bertz CT molecular complexity index is 487. The van der Waals surface area contributed by atoms with Gasteiger partial charge in [-0.1, -0.05) is 50.8 Å². The molecule has 1 aromatic rings. The lowest BCUT2D eigenvalue weighted by Gasteiger charge is -2.36. The minimum Gasteiger partial charge on any atom is -0.481 e. The minimum absolute atomic E-state index is 0.0470. The van der Waals surface area contributed by atoms with E-state index < -0.39 is 0 Å². The summed E-state index contributed by atoms with van der Waals surface area (Å²) in [6, 6.07) is 10.0. The molecule has 0 radical (unpaired) electrons. The number of aliphatic imine (C=N–C) groups is 1. The summed E-state index contributed by atoms with van der Waals surface area (Å²) in [6.45, 7) is 7.18. The third kappa shape index (κ3) is 2.56. The van der Waals surface area contributed by atoms with E-state index in [-0.39, 0.29) is 11.0 Å². The molecule has 0 unspecified atom stereocenters. The van der Waals surface area contributed by atoms with Crippen LogP contribution in [0.2, 0.25) is 0 Å². The molecule has 1 aromatic carbocycles. The molecule has 0 bridgehead atoms. The summed E-state index contributed by atoms with van der Waals surface area (Å²) in [5.41, 5.74) is 0.879. The van der Waals surface area contributed by atoms with Gasteiger partial charge in [0.25, 0.3) is 0 Å². The van der Waals surface area contributed by atoms with E-state index in [4.69, 9.17) is 4.74 Å². The van der Waals surface area contributed by atoms with Gasteiger partial charge in [-0.25, -0.2) is 4.99 Å². The zero-order valence-electron chi connectivity index (χ0n) is 11.2. The molecule has 1 aliphatic heterocycles. The maximum absolute atomic E-state index is 5.33. The van der Waals surface area contributed by atoms with Crippen LogP contribution >= 0.6 is 0 Å². The van der Waals surface area contributed by atoms with E-state index in [1.807, 2.05) is 30.3 Å². The molecule has 18 heavy (non-hydrogen) atoms. The summed E-state index contributed by atoms with van der Waals surface area (Å²) in [4.78, 5) is 4.52. The molecule has 0 aromatic heterocycles. The number of rotatable bonds is 1. The van der Waals surface area contributed by atoms with Crippen LogP contribution in [0.4, 0.5) is 0 Å². The van der Waals surface area contributed by atoms with E-state index in [1.54, 1.807) is 6.40 Å². The van der Waals surface area contributed by atoms with Crippen LogP contribution in [-0.2, 0) is 4.74 Å². The Hall–Kier alpha value is -1.75. The second-order valence-corrected chi connectivity index (χ2v) is 5.67. The van der Waals surface area contributed by atoms with Crippen LogP contribution in [0, 0.1) is 17.3 Å². The van der Waals surface area contributed by atoms with Gasteiger partial charge in [0.05, 0.1) is 0 Å². The fourth-order valence-corrected chi connectivity index (χ4v) is 1.94. The first-order chi connectivity index (χ1) is 8.54. The number of benzene rings is 1. The third-order valence-electron chi connectivity index (χ3n) is 3.48.